The standard InChI is InChI=1S/C4H6Br2O/c1-2-3(7)4(5)6/h4H,2H2,1H3. The fourth-order valence-electron chi connectivity index (χ4n) is 0.154. The lowest BCUT2D eigenvalue weighted by Crippen LogP contribution is -2.02. The summed E-state index contributed by atoms with van der Waals surface area (Å²) >= 11 is 6.13. The monoisotopic (exact) mass is 228 g/mol. The molecule has 0 bridgehead atoms. The van der Waals surface area contributed by atoms with Crippen molar-refractivity contribution < 1.29 is 4.79 Å². The summed E-state index contributed by atoms with van der Waals surface area (Å²) in [6.45, 7) is 1.83. The number of ketones is 1. The van der Waals surface area contributed by atoms with Crippen LogP contribution in [0.4, 0.5) is 0 Å². The first-order chi connectivity index (χ1) is 3.18. The van der Waals surface area contributed by atoms with Gasteiger partial charge in [-0.3, -0.25) is 4.79 Å². The van der Waals surface area contributed by atoms with Gasteiger partial charge in [0.2, 0.25) is 0 Å². The van der Waals surface area contributed by atoms with Crippen LogP contribution >= 0.6 is 31.9 Å². The summed E-state index contributed by atoms with van der Waals surface area (Å²) in [5, 5.41) is 0. The van der Waals surface area contributed by atoms with Crippen LogP contribution in [0.5, 0.6) is 0 Å². The third-order valence-corrected chi connectivity index (χ3v) is 1.61. The van der Waals surface area contributed by atoms with Gasteiger partial charge in [-0.15, -0.1) is 0 Å². The maximum atomic E-state index is 10.4. The zero-order chi connectivity index (χ0) is 5.86. The Labute approximate surface area is 59.7 Å². The highest BCUT2D eigenvalue weighted by molar-refractivity contribution is 9.25. The van der Waals surface area contributed by atoms with Gasteiger partial charge in [-0.1, -0.05) is 38.8 Å². The molecule has 0 radical (unpaired) electrons. The topological polar surface area (TPSA) is 17.1 Å². The summed E-state index contributed by atoms with van der Waals surface area (Å²) in [4.78, 5) is 10.4. The number of hydrogen-bond donors (Lipinski definition) is 0. The number of Topliss-reactive ketones (excluding diaryl/α,β-unsaturated/α-hetero) is 1. The van der Waals surface area contributed by atoms with E-state index in [1.165, 1.54) is 0 Å². The maximum Gasteiger partial charge on any atom is 0.156 e. The first kappa shape index (κ1) is 7.63. The molecule has 0 fully saturated rings. The minimum Gasteiger partial charge on any atom is -0.297 e. The average Bonchev–Trinajstić information content (AvgIpc) is 1.65. The van der Waals surface area contributed by atoms with E-state index < -0.39 is 0 Å². The van der Waals surface area contributed by atoms with Crippen molar-refractivity contribution in [1.82, 2.24) is 0 Å². The predicted molar refractivity (Wildman–Crippen MR) is 36.9 cm³/mol. The summed E-state index contributed by atoms with van der Waals surface area (Å²) in [5.41, 5.74) is 0. The fourth-order valence-corrected chi connectivity index (χ4v) is 0.802. The van der Waals surface area contributed by atoms with Crippen molar-refractivity contribution in [2.45, 2.75) is 17.1 Å². The Balaban J connectivity index is 3.35. The molecular weight excluding hydrogens is 224 g/mol. The third-order valence-electron chi connectivity index (χ3n) is 0.592. The Bertz CT molecular complexity index is 70.1. The molecule has 0 unspecified atom stereocenters. The first-order valence-corrected chi connectivity index (χ1v) is 3.82. The Hall–Kier alpha value is 0.630. The van der Waals surface area contributed by atoms with Gasteiger partial charge in [-0.2, -0.15) is 0 Å². The minimum atomic E-state index is -0.148. The van der Waals surface area contributed by atoms with E-state index in [-0.39, 0.29) is 9.52 Å². The Morgan fingerprint density at radius 2 is 2.14 bits per heavy atom. The van der Waals surface area contributed by atoms with E-state index in [0.717, 1.165) is 0 Å². The van der Waals surface area contributed by atoms with E-state index >= 15 is 0 Å². The second-order valence-electron chi connectivity index (χ2n) is 1.12. The van der Waals surface area contributed by atoms with Crippen LogP contribution < -0.4 is 0 Å². The summed E-state index contributed by atoms with van der Waals surface area (Å²) in [6.07, 6.45) is 0.584. The molecule has 0 rings (SSSR count). The number of hydrogen-bond acceptors (Lipinski definition) is 1. The van der Waals surface area contributed by atoms with Crippen LogP contribution in [0.1, 0.15) is 13.3 Å². The third kappa shape index (κ3) is 3.23. The molecule has 0 aliphatic heterocycles. The second-order valence-corrected chi connectivity index (χ2v) is 4.18. The van der Waals surface area contributed by atoms with Crippen LogP contribution in [-0.2, 0) is 4.79 Å². The van der Waals surface area contributed by atoms with Crippen LogP contribution in [0.2, 0.25) is 0 Å². The van der Waals surface area contributed by atoms with Crippen LogP contribution in [-0.4, -0.2) is 9.52 Å². The van der Waals surface area contributed by atoms with Crippen LogP contribution in [0.25, 0.3) is 0 Å². The van der Waals surface area contributed by atoms with Crippen molar-refractivity contribution in [2.75, 3.05) is 0 Å². The normalized spacial score (nSPS) is 9.71. The smallest absolute Gasteiger partial charge is 0.156 e. The van der Waals surface area contributed by atoms with Gasteiger partial charge in [0.1, 0.15) is 3.74 Å². The number of rotatable bonds is 2. The van der Waals surface area contributed by atoms with E-state index in [2.05, 4.69) is 31.9 Å². The molecule has 0 saturated carbocycles. The van der Waals surface area contributed by atoms with E-state index in [4.69, 9.17) is 0 Å². The molecule has 0 aliphatic carbocycles. The molecule has 3 heteroatoms. The largest absolute Gasteiger partial charge is 0.297 e. The molecule has 0 aromatic rings. The van der Waals surface area contributed by atoms with Gasteiger partial charge in [0.05, 0.1) is 0 Å². The average molecular weight is 230 g/mol. The van der Waals surface area contributed by atoms with Crippen molar-refractivity contribution in [2.24, 2.45) is 0 Å². The number of carbonyl (C=O) groups is 1. The summed E-state index contributed by atoms with van der Waals surface area (Å²) in [7, 11) is 0. The Morgan fingerprint density at radius 3 is 2.14 bits per heavy atom. The Kier molecular flexibility index (Phi) is 3.93. The van der Waals surface area contributed by atoms with Crippen LogP contribution in [0.15, 0.2) is 0 Å². The lowest BCUT2D eigenvalue weighted by Gasteiger charge is -1.91. The quantitative estimate of drug-likeness (QED) is 0.663. The molecule has 0 spiro atoms. The van der Waals surface area contributed by atoms with Crippen molar-refractivity contribution in [3.63, 3.8) is 0 Å². The van der Waals surface area contributed by atoms with E-state index in [0.29, 0.717) is 6.42 Å². The zero-order valence-corrected chi connectivity index (χ0v) is 7.12. The highest BCUT2D eigenvalue weighted by Gasteiger charge is 2.05. The molecule has 0 heterocycles. The lowest BCUT2D eigenvalue weighted by molar-refractivity contribution is -0.116. The second kappa shape index (κ2) is 3.61. The molecule has 0 aromatic heterocycles. The zero-order valence-electron chi connectivity index (χ0n) is 3.95. The molecule has 7 heavy (non-hydrogen) atoms. The summed E-state index contributed by atoms with van der Waals surface area (Å²) in [5.74, 6) is 0.181. The first-order valence-electron chi connectivity index (χ1n) is 1.99. The van der Waals surface area contributed by atoms with E-state index in [9.17, 15) is 4.79 Å². The van der Waals surface area contributed by atoms with Gasteiger partial charge in [0, 0.05) is 6.42 Å². The lowest BCUT2D eigenvalue weighted by atomic mass is 10.4. The minimum absolute atomic E-state index is 0.148. The Morgan fingerprint density at radius 1 is 1.71 bits per heavy atom. The molecule has 0 saturated heterocycles. The molecule has 0 aliphatic rings. The van der Waals surface area contributed by atoms with Gasteiger partial charge in [0.25, 0.3) is 0 Å². The molecule has 0 atom stereocenters. The molecule has 1 nitrogen and oxygen atoms in total. The predicted octanol–water partition coefficient (Wildman–Crippen LogP) is 2.08. The van der Waals surface area contributed by atoms with Gasteiger partial charge in [-0.05, 0) is 0 Å². The van der Waals surface area contributed by atoms with Crippen LogP contribution in [0.3, 0.4) is 0 Å². The van der Waals surface area contributed by atoms with Crippen LogP contribution in [0, 0.1) is 0 Å². The molecule has 0 aromatic carbocycles. The van der Waals surface area contributed by atoms with Gasteiger partial charge in [-0.25, -0.2) is 0 Å². The fraction of sp³-hybridized carbons (Fsp3) is 0.750. The molecule has 0 N–H and O–H groups in total. The highest BCUT2D eigenvalue weighted by Crippen LogP contribution is 2.09. The summed E-state index contributed by atoms with van der Waals surface area (Å²) in [6, 6.07) is 0. The highest BCUT2D eigenvalue weighted by atomic mass is 79.9. The van der Waals surface area contributed by atoms with Gasteiger partial charge in [0.15, 0.2) is 5.78 Å². The van der Waals surface area contributed by atoms with Crippen molar-refractivity contribution in [3.05, 3.63) is 0 Å². The molecular formula is C4H6Br2O. The van der Waals surface area contributed by atoms with Gasteiger partial charge < -0.3 is 0 Å². The number of alkyl halides is 2. The van der Waals surface area contributed by atoms with Crippen molar-refractivity contribution in [1.29, 1.82) is 0 Å². The molecule has 42 valence electrons. The van der Waals surface area contributed by atoms with E-state index in [1.54, 1.807) is 0 Å². The number of carbonyl (C=O) groups excluding carboxylic acids is 1. The van der Waals surface area contributed by atoms with E-state index in [1.807, 2.05) is 6.92 Å². The molecule has 0 amide bonds. The SMILES string of the molecule is CCC(=O)C(Br)Br. The van der Waals surface area contributed by atoms with Crippen molar-refractivity contribution in [3.8, 4) is 0 Å². The van der Waals surface area contributed by atoms with Gasteiger partial charge >= 0.3 is 0 Å². The van der Waals surface area contributed by atoms with Crippen molar-refractivity contribution >= 4 is 37.6 Å². The maximum absolute atomic E-state index is 10.4. The summed E-state index contributed by atoms with van der Waals surface area (Å²) < 4.78 is -0.148. The number of halogens is 2.